The normalized spacial score (nSPS) is 13.4. The summed E-state index contributed by atoms with van der Waals surface area (Å²) in [5, 5.41) is 3.25. The van der Waals surface area contributed by atoms with Crippen LogP contribution < -0.4 is 5.32 Å². The monoisotopic (exact) mass is 221 g/mol. The fourth-order valence-electron chi connectivity index (χ4n) is 1.20. The first-order valence-corrected chi connectivity index (χ1v) is 5.12. The van der Waals surface area contributed by atoms with Gasteiger partial charge in [-0.05, 0) is 6.92 Å². The van der Waals surface area contributed by atoms with Crippen molar-refractivity contribution in [2.75, 3.05) is 47.7 Å². The average molecular weight is 221 g/mol. The van der Waals surface area contributed by atoms with Crippen LogP contribution in [0.4, 0.5) is 0 Å². The molecular formula is C10H23NO4. The summed E-state index contributed by atoms with van der Waals surface area (Å²) in [6, 6.07) is 0.144. The molecule has 0 saturated carbocycles. The summed E-state index contributed by atoms with van der Waals surface area (Å²) in [7, 11) is 4.91. The summed E-state index contributed by atoms with van der Waals surface area (Å²) in [4.78, 5) is 0. The van der Waals surface area contributed by atoms with Gasteiger partial charge in [-0.3, -0.25) is 0 Å². The number of rotatable bonds is 10. The number of ether oxygens (including phenoxy) is 4. The van der Waals surface area contributed by atoms with Crippen molar-refractivity contribution in [3.05, 3.63) is 0 Å². The maximum Gasteiger partial charge on any atom is 0.171 e. The van der Waals surface area contributed by atoms with Gasteiger partial charge >= 0.3 is 0 Å². The highest BCUT2D eigenvalue weighted by molar-refractivity contribution is 4.63. The van der Waals surface area contributed by atoms with Crippen LogP contribution in [0.3, 0.4) is 0 Å². The molecule has 5 heteroatoms. The minimum absolute atomic E-state index is 0.144. The van der Waals surface area contributed by atoms with E-state index in [0.29, 0.717) is 19.8 Å². The molecule has 0 spiro atoms. The maximum atomic E-state index is 5.30. The van der Waals surface area contributed by atoms with Crippen LogP contribution in [0.2, 0.25) is 0 Å². The Bertz CT molecular complexity index is 131. The van der Waals surface area contributed by atoms with E-state index in [1.165, 1.54) is 0 Å². The molecule has 0 aromatic carbocycles. The van der Waals surface area contributed by atoms with Crippen LogP contribution in [-0.4, -0.2) is 60.0 Å². The van der Waals surface area contributed by atoms with Gasteiger partial charge in [0.25, 0.3) is 0 Å². The highest BCUT2D eigenvalue weighted by atomic mass is 16.7. The smallest absolute Gasteiger partial charge is 0.171 e. The van der Waals surface area contributed by atoms with Crippen molar-refractivity contribution in [2.24, 2.45) is 0 Å². The standard InChI is InChI=1S/C10H23NO4/c1-9(10(13-3)14-4)11-5-6-15-8-7-12-2/h9-11H,5-8H2,1-4H3. The van der Waals surface area contributed by atoms with Crippen molar-refractivity contribution in [1.29, 1.82) is 0 Å². The van der Waals surface area contributed by atoms with Gasteiger partial charge in [0.2, 0.25) is 0 Å². The second-order valence-corrected chi connectivity index (χ2v) is 3.19. The van der Waals surface area contributed by atoms with Crippen LogP contribution in [-0.2, 0) is 18.9 Å². The third-order valence-corrected chi connectivity index (χ3v) is 2.02. The van der Waals surface area contributed by atoms with Crippen LogP contribution in [0.5, 0.6) is 0 Å². The molecule has 0 aromatic rings. The Balaban J connectivity index is 3.33. The first-order chi connectivity index (χ1) is 7.26. The number of methoxy groups -OCH3 is 3. The van der Waals surface area contributed by atoms with Gasteiger partial charge in [0.15, 0.2) is 6.29 Å². The van der Waals surface area contributed by atoms with Crippen LogP contribution in [0.25, 0.3) is 0 Å². The largest absolute Gasteiger partial charge is 0.382 e. The Labute approximate surface area is 92.0 Å². The SMILES string of the molecule is COCCOCCNC(C)C(OC)OC. The predicted molar refractivity (Wildman–Crippen MR) is 58.0 cm³/mol. The predicted octanol–water partition coefficient (Wildman–Crippen LogP) is 0.246. The zero-order chi connectivity index (χ0) is 11.5. The van der Waals surface area contributed by atoms with Gasteiger partial charge in [-0.15, -0.1) is 0 Å². The molecule has 0 aliphatic rings. The molecule has 1 atom stereocenters. The lowest BCUT2D eigenvalue weighted by atomic mass is 10.3. The van der Waals surface area contributed by atoms with Crippen molar-refractivity contribution in [2.45, 2.75) is 19.3 Å². The van der Waals surface area contributed by atoms with Gasteiger partial charge in [-0.25, -0.2) is 0 Å². The highest BCUT2D eigenvalue weighted by Gasteiger charge is 2.14. The van der Waals surface area contributed by atoms with Crippen molar-refractivity contribution < 1.29 is 18.9 Å². The quantitative estimate of drug-likeness (QED) is 0.423. The third kappa shape index (κ3) is 7.70. The van der Waals surface area contributed by atoms with Crippen molar-refractivity contribution in [3.8, 4) is 0 Å². The fourth-order valence-corrected chi connectivity index (χ4v) is 1.20. The van der Waals surface area contributed by atoms with E-state index < -0.39 is 0 Å². The lowest BCUT2D eigenvalue weighted by Gasteiger charge is -2.22. The molecule has 0 amide bonds. The summed E-state index contributed by atoms with van der Waals surface area (Å²) in [5.41, 5.74) is 0. The molecule has 92 valence electrons. The molecule has 0 aromatic heterocycles. The molecular weight excluding hydrogens is 198 g/mol. The van der Waals surface area contributed by atoms with Crippen molar-refractivity contribution in [1.82, 2.24) is 5.32 Å². The topological polar surface area (TPSA) is 49.0 Å². The lowest BCUT2D eigenvalue weighted by molar-refractivity contribution is -0.119. The van der Waals surface area contributed by atoms with Crippen LogP contribution >= 0.6 is 0 Å². The van der Waals surface area contributed by atoms with E-state index >= 15 is 0 Å². The van der Waals surface area contributed by atoms with Crippen molar-refractivity contribution in [3.63, 3.8) is 0 Å². The maximum absolute atomic E-state index is 5.30. The minimum atomic E-state index is -0.219. The average Bonchev–Trinajstić information content (AvgIpc) is 2.25. The fraction of sp³-hybridized carbons (Fsp3) is 1.00. The Morgan fingerprint density at radius 2 is 1.67 bits per heavy atom. The molecule has 0 radical (unpaired) electrons. The number of nitrogens with one attached hydrogen (secondary N) is 1. The van der Waals surface area contributed by atoms with Crippen molar-refractivity contribution >= 4 is 0 Å². The van der Waals surface area contributed by atoms with Gasteiger partial charge in [-0.1, -0.05) is 0 Å². The summed E-state index contributed by atoms with van der Waals surface area (Å²) >= 11 is 0. The molecule has 0 aliphatic heterocycles. The molecule has 0 aliphatic carbocycles. The first-order valence-electron chi connectivity index (χ1n) is 5.12. The highest BCUT2D eigenvalue weighted by Crippen LogP contribution is 1.97. The van der Waals surface area contributed by atoms with Gasteiger partial charge in [0.1, 0.15) is 0 Å². The van der Waals surface area contributed by atoms with Gasteiger partial charge in [0, 0.05) is 27.9 Å². The van der Waals surface area contributed by atoms with E-state index in [2.05, 4.69) is 5.32 Å². The number of hydrogen-bond acceptors (Lipinski definition) is 5. The molecule has 0 heterocycles. The zero-order valence-corrected chi connectivity index (χ0v) is 10.1. The lowest BCUT2D eigenvalue weighted by Crippen LogP contribution is -2.41. The van der Waals surface area contributed by atoms with Crippen LogP contribution in [0.15, 0.2) is 0 Å². The molecule has 15 heavy (non-hydrogen) atoms. The summed E-state index contributed by atoms with van der Waals surface area (Å²) < 4.78 is 20.4. The summed E-state index contributed by atoms with van der Waals surface area (Å²) in [5.74, 6) is 0. The summed E-state index contributed by atoms with van der Waals surface area (Å²) in [6.07, 6.45) is -0.219. The molecule has 0 fully saturated rings. The second-order valence-electron chi connectivity index (χ2n) is 3.19. The number of hydrogen-bond donors (Lipinski definition) is 1. The Morgan fingerprint density at radius 1 is 1.00 bits per heavy atom. The molecule has 0 bridgehead atoms. The van der Waals surface area contributed by atoms with E-state index in [-0.39, 0.29) is 12.3 Å². The van der Waals surface area contributed by atoms with E-state index in [9.17, 15) is 0 Å². The first kappa shape index (κ1) is 14.8. The van der Waals surface area contributed by atoms with Gasteiger partial charge < -0.3 is 24.3 Å². The van der Waals surface area contributed by atoms with E-state index in [1.807, 2.05) is 6.92 Å². The van der Waals surface area contributed by atoms with Crippen LogP contribution in [0, 0.1) is 0 Å². The molecule has 5 nitrogen and oxygen atoms in total. The summed E-state index contributed by atoms with van der Waals surface area (Å²) in [6.45, 7) is 4.70. The van der Waals surface area contributed by atoms with E-state index in [4.69, 9.17) is 18.9 Å². The molecule has 0 rings (SSSR count). The molecule has 1 N–H and O–H groups in total. The Hall–Kier alpha value is -0.200. The van der Waals surface area contributed by atoms with Gasteiger partial charge in [0.05, 0.1) is 25.9 Å². The third-order valence-electron chi connectivity index (χ3n) is 2.02. The molecule has 1 unspecified atom stereocenters. The zero-order valence-electron chi connectivity index (χ0n) is 10.1. The van der Waals surface area contributed by atoms with Gasteiger partial charge in [-0.2, -0.15) is 0 Å². The van der Waals surface area contributed by atoms with E-state index in [1.54, 1.807) is 21.3 Å². The Kier molecular flexibility index (Phi) is 10.2. The molecule has 0 saturated heterocycles. The van der Waals surface area contributed by atoms with Crippen LogP contribution in [0.1, 0.15) is 6.92 Å². The minimum Gasteiger partial charge on any atom is -0.382 e. The van der Waals surface area contributed by atoms with E-state index in [0.717, 1.165) is 6.54 Å². The Morgan fingerprint density at radius 3 is 2.20 bits per heavy atom. The second kappa shape index (κ2) is 10.3.